The highest BCUT2D eigenvalue weighted by Gasteiger charge is 2.23. The van der Waals surface area contributed by atoms with Gasteiger partial charge in [-0.15, -0.1) is 0 Å². The third-order valence-corrected chi connectivity index (χ3v) is 5.02. The highest BCUT2D eigenvalue weighted by molar-refractivity contribution is 5.32. The summed E-state index contributed by atoms with van der Waals surface area (Å²) in [5.74, 6) is -2.31. The topological polar surface area (TPSA) is 0 Å². The fourth-order valence-corrected chi connectivity index (χ4v) is 3.55. The maximum atomic E-state index is 14.1. The smallest absolute Gasteiger partial charge is 0.162 e. The first-order valence-electron chi connectivity index (χ1n) is 8.42. The Morgan fingerprint density at radius 1 is 1.00 bits per heavy atom. The molecule has 0 heterocycles. The molecule has 0 saturated heterocycles. The number of benzene rings is 2. The molecular weight excluding hydrogens is 316 g/mol. The highest BCUT2D eigenvalue weighted by Crippen LogP contribution is 2.31. The molecule has 0 spiro atoms. The van der Waals surface area contributed by atoms with Crippen LogP contribution in [0.15, 0.2) is 24.3 Å². The third-order valence-electron chi connectivity index (χ3n) is 5.02. The lowest BCUT2D eigenvalue weighted by atomic mass is 9.80. The molecule has 4 heteroatoms. The molecule has 0 aromatic heterocycles. The molecule has 2 aromatic rings. The summed E-state index contributed by atoms with van der Waals surface area (Å²) in [5, 5.41) is 0. The zero-order valence-corrected chi connectivity index (χ0v) is 13.6. The van der Waals surface area contributed by atoms with Crippen molar-refractivity contribution < 1.29 is 17.6 Å². The van der Waals surface area contributed by atoms with Crippen LogP contribution in [0.2, 0.25) is 0 Å². The van der Waals surface area contributed by atoms with Crippen LogP contribution >= 0.6 is 0 Å². The van der Waals surface area contributed by atoms with Crippen LogP contribution < -0.4 is 0 Å². The van der Waals surface area contributed by atoms with Gasteiger partial charge in [-0.05, 0) is 79.3 Å². The fourth-order valence-electron chi connectivity index (χ4n) is 3.55. The molecule has 128 valence electrons. The van der Waals surface area contributed by atoms with Crippen LogP contribution in [0.5, 0.6) is 0 Å². The van der Waals surface area contributed by atoms with E-state index in [4.69, 9.17) is 0 Å². The monoisotopic (exact) mass is 336 g/mol. The molecule has 0 nitrogen and oxygen atoms in total. The molecule has 1 unspecified atom stereocenters. The van der Waals surface area contributed by atoms with Crippen LogP contribution in [0.1, 0.15) is 42.0 Å². The molecule has 1 atom stereocenters. The third kappa shape index (κ3) is 3.33. The number of fused-ring (bicyclic) bond motifs is 1. The second kappa shape index (κ2) is 6.96. The summed E-state index contributed by atoms with van der Waals surface area (Å²) in [5.41, 5.74) is 2.05. The average Bonchev–Trinajstić information content (AvgIpc) is 2.57. The Hall–Kier alpha value is -1.84. The second-order valence-corrected chi connectivity index (χ2v) is 6.54. The van der Waals surface area contributed by atoms with Crippen LogP contribution in [-0.4, -0.2) is 0 Å². The zero-order valence-electron chi connectivity index (χ0n) is 13.6. The van der Waals surface area contributed by atoms with E-state index in [1.165, 1.54) is 12.1 Å². The van der Waals surface area contributed by atoms with Crippen molar-refractivity contribution in [2.45, 2.75) is 45.4 Å². The molecule has 0 amide bonds. The normalized spacial score (nSPS) is 17.0. The van der Waals surface area contributed by atoms with Gasteiger partial charge >= 0.3 is 0 Å². The van der Waals surface area contributed by atoms with Gasteiger partial charge in [0.05, 0.1) is 0 Å². The quantitative estimate of drug-likeness (QED) is 0.643. The molecule has 0 bridgehead atoms. The number of rotatable bonds is 4. The lowest BCUT2D eigenvalue weighted by Gasteiger charge is -2.25. The minimum absolute atomic E-state index is 0.128. The van der Waals surface area contributed by atoms with Crippen LogP contribution in [0.4, 0.5) is 17.6 Å². The van der Waals surface area contributed by atoms with Crippen molar-refractivity contribution in [3.05, 3.63) is 69.8 Å². The summed E-state index contributed by atoms with van der Waals surface area (Å²) in [6.07, 6.45) is 3.37. The van der Waals surface area contributed by atoms with Gasteiger partial charge in [-0.25, -0.2) is 17.6 Å². The molecule has 0 fully saturated rings. The molecule has 3 rings (SSSR count). The summed E-state index contributed by atoms with van der Waals surface area (Å²) in [7, 11) is 0. The van der Waals surface area contributed by atoms with Crippen LogP contribution in [0.3, 0.4) is 0 Å². The predicted octanol–water partition coefficient (Wildman–Crippen LogP) is 5.54. The van der Waals surface area contributed by atoms with Gasteiger partial charge in [-0.2, -0.15) is 0 Å². The maximum absolute atomic E-state index is 14.1. The summed E-state index contributed by atoms with van der Waals surface area (Å²) in [4.78, 5) is 0. The Bertz CT molecular complexity index is 729. The van der Waals surface area contributed by atoms with E-state index in [-0.39, 0.29) is 11.5 Å². The van der Waals surface area contributed by atoms with Crippen molar-refractivity contribution >= 4 is 0 Å². The molecule has 0 N–H and O–H groups in total. The Morgan fingerprint density at radius 2 is 1.71 bits per heavy atom. The Labute approximate surface area is 139 Å². The minimum atomic E-state index is -0.813. The van der Waals surface area contributed by atoms with E-state index in [2.05, 4.69) is 0 Å². The first-order chi connectivity index (χ1) is 11.5. The van der Waals surface area contributed by atoms with Crippen LogP contribution in [-0.2, 0) is 25.7 Å². The van der Waals surface area contributed by atoms with E-state index < -0.39 is 23.3 Å². The van der Waals surface area contributed by atoms with E-state index in [0.29, 0.717) is 49.7 Å². The van der Waals surface area contributed by atoms with Gasteiger partial charge in [0, 0.05) is 5.56 Å². The standard InChI is InChI=1S/C20H20F4/c1-2-12-10-18(22)16(19(23)11-12)7-4-13-3-6-15-14(9-13)5-8-17(21)20(15)24/h5,8,10-11,13H,2-4,6-7,9H2,1H3. The van der Waals surface area contributed by atoms with Crippen molar-refractivity contribution in [1.29, 1.82) is 0 Å². The van der Waals surface area contributed by atoms with E-state index in [0.717, 1.165) is 11.6 Å². The van der Waals surface area contributed by atoms with Crippen molar-refractivity contribution in [2.24, 2.45) is 5.92 Å². The summed E-state index contributed by atoms with van der Waals surface area (Å²) < 4.78 is 55.1. The van der Waals surface area contributed by atoms with Crippen LogP contribution in [0.25, 0.3) is 0 Å². The summed E-state index contributed by atoms with van der Waals surface area (Å²) in [6, 6.07) is 5.57. The number of hydrogen-bond donors (Lipinski definition) is 0. The van der Waals surface area contributed by atoms with Crippen molar-refractivity contribution in [2.75, 3.05) is 0 Å². The lowest BCUT2D eigenvalue weighted by Crippen LogP contribution is -2.17. The SMILES string of the molecule is CCc1cc(F)c(CCC2CCc3c(ccc(F)c3F)C2)c(F)c1. The number of hydrogen-bond acceptors (Lipinski definition) is 0. The maximum Gasteiger partial charge on any atom is 0.162 e. The van der Waals surface area contributed by atoms with E-state index in [9.17, 15) is 17.6 Å². The molecule has 24 heavy (non-hydrogen) atoms. The Balaban J connectivity index is 1.69. The van der Waals surface area contributed by atoms with Gasteiger partial charge in [0.2, 0.25) is 0 Å². The lowest BCUT2D eigenvalue weighted by molar-refractivity contribution is 0.403. The van der Waals surface area contributed by atoms with Gasteiger partial charge in [0.1, 0.15) is 11.6 Å². The zero-order chi connectivity index (χ0) is 17.3. The molecule has 1 aliphatic carbocycles. The summed E-state index contributed by atoms with van der Waals surface area (Å²) in [6.45, 7) is 1.86. The number of halogens is 4. The Morgan fingerprint density at radius 3 is 2.38 bits per heavy atom. The molecule has 0 radical (unpaired) electrons. The second-order valence-electron chi connectivity index (χ2n) is 6.54. The van der Waals surface area contributed by atoms with E-state index in [1.807, 2.05) is 6.92 Å². The van der Waals surface area contributed by atoms with Gasteiger partial charge in [-0.3, -0.25) is 0 Å². The number of aryl methyl sites for hydroxylation is 1. The van der Waals surface area contributed by atoms with Crippen molar-refractivity contribution in [3.8, 4) is 0 Å². The van der Waals surface area contributed by atoms with Gasteiger partial charge in [0.15, 0.2) is 11.6 Å². The molecular formula is C20H20F4. The molecule has 0 saturated carbocycles. The van der Waals surface area contributed by atoms with Crippen molar-refractivity contribution in [3.63, 3.8) is 0 Å². The largest absolute Gasteiger partial charge is 0.207 e. The average molecular weight is 336 g/mol. The van der Waals surface area contributed by atoms with Crippen LogP contribution in [0, 0.1) is 29.2 Å². The highest BCUT2D eigenvalue weighted by atomic mass is 19.2. The van der Waals surface area contributed by atoms with Gasteiger partial charge in [0.25, 0.3) is 0 Å². The summed E-state index contributed by atoms with van der Waals surface area (Å²) >= 11 is 0. The molecule has 2 aromatic carbocycles. The minimum Gasteiger partial charge on any atom is -0.207 e. The predicted molar refractivity (Wildman–Crippen MR) is 85.9 cm³/mol. The fraction of sp³-hybridized carbons (Fsp3) is 0.400. The molecule has 1 aliphatic rings. The van der Waals surface area contributed by atoms with E-state index in [1.54, 1.807) is 6.07 Å². The Kier molecular flexibility index (Phi) is 4.93. The van der Waals surface area contributed by atoms with Gasteiger partial charge < -0.3 is 0 Å². The molecule has 0 aliphatic heterocycles. The van der Waals surface area contributed by atoms with E-state index >= 15 is 0 Å². The van der Waals surface area contributed by atoms with Crippen molar-refractivity contribution in [1.82, 2.24) is 0 Å². The first-order valence-corrected chi connectivity index (χ1v) is 8.42. The first kappa shape index (κ1) is 17.0. The van der Waals surface area contributed by atoms with Gasteiger partial charge in [-0.1, -0.05) is 13.0 Å².